The highest BCUT2D eigenvalue weighted by atomic mass is 15.2. The minimum absolute atomic E-state index is 1.01. The molecule has 24 heavy (non-hydrogen) atoms. The van der Waals surface area contributed by atoms with E-state index in [0.29, 0.717) is 0 Å². The highest BCUT2D eigenvalue weighted by Gasteiger charge is 2.13. The predicted octanol–water partition coefficient (Wildman–Crippen LogP) is 6.00. The maximum absolute atomic E-state index is 2.37. The Morgan fingerprint density at radius 1 is 0.542 bits per heavy atom. The maximum atomic E-state index is 2.37. The van der Waals surface area contributed by atoms with Crippen LogP contribution < -0.4 is 9.80 Å². The van der Waals surface area contributed by atoms with Crippen LogP contribution in [0.1, 0.15) is 13.8 Å². The van der Waals surface area contributed by atoms with Crippen molar-refractivity contribution in [2.45, 2.75) is 13.8 Å². The van der Waals surface area contributed by atoms with Crippen molar-refractivity contribution in [3.05, 3.63) is 84.9 Å². The summed E-state index contributed by atoms with van der Waals surface area (Å²) in [4.78, 5) is 4.67. The van der Waals surface area contributed by atoms with Crippen LogP contribution in [0.2, 0.25) is 0 Å². The highest BCUT2D eigenvalue weighted by molar-refractivity contribution is 5.78. The van der Waals surface area contributed by atoms with E-state index in [1.807, 2.05) is 0 Å². The normalized spacial score (nSPS) is 10.4. The Morgan fingerprint density at radius 2 is 1.00 bits per heavy atom. The molecule has 0 aliphatic rings. The minimum atomic E-state index is 1.01. The topological polar surface area (TPSA) is 6.48 Å². The lowest BCUT2D eigenvalue weighted by Gasteiger charge is -2.28. The van der Waals surface area contributed by atoms with Crippen molar-refractivity contribution in [1.82, 2.24) is 0 Å². The second-order valence-corrected chi connectivity index (χ2v) is 5.70. The summed E-state index contributed by atoms with van der Waals surface area (Å²) >= 11 is 0. The fourth-order valence-corrected chi connectivity index (χ4v) is 3.02. The third kappa shape index (κ3) is 3.43. The van der Waals surface area contributed by atoms with Gasteiger partial charge in [0.2, 0.25) is 0 Å². The Bertz CT molecular complexity index is 710. The van der Waals surface area contributed by atoms with Gasteiger partial charge < -0.3 is 9.80 Å². The number of nitrogens with zero attached hydrogens (tertiary/aromatic N) is 2. The van der Waals surface area contributed by atoms with Gasteiger partial charge in [0.25, 0.3) is 0 Å². The van der Waals surface area contributed by atoms with Gasteiger partial charge in [0, 0.05) is 35.8 Å². The Labute approximate surface area is 145 Å². The smallest absolute Gasteiger partial charge is 0.0482 e. The zero-order valence-corrected chi connectivity index (χ0v) is 14.4. The summed E-state index contributed by atoms with van der Waals surface area (Å²) in [5, 5.41) is 0. The minimum Gasteiger partial charge on any atom is -0.372 e. The molecule has 0 heterocycles. The summed E-state index contributed by atoms with van der Waals surface area (Å²) < 4.78 is 0. The summed E-state index contributed by atoms with van der Waals surface area (Å²) in [5.41, 5.74) is 4.77. The van der Waals surface area contributed by atoms with Crippen LogP contribution in [0.5, 0.6) is 0 Å². The number of para-hydroxylation sites is 2. The molecule has 0 N–H and O–H groups in total. The van der Waals surface area contributed by atoms with Crippen molar-refractivity contribution >= 4 is 22.7 Å². The molecule has 0 aromatic heterocycles. The average molecular weight is 316 g/mol. The SMILES string of the molecule is CCN(CC)c1cccc(N(c2ccccc2)c2ccccc2)c1. The molecule has 2 heteroatoms. The lowest BCUT2D eigenvalue weighted by molar-refractivity contribution is 0.866. The van der Waals surface area contributed by atoms with Crippen LogP contribution in [-0.4, -0.2) is 13.1 Å². The van der Waals surface area contributed by atoms with Gasteiger partial charge in [-0.1, -0.05) is 42.5 Å². The van der Waals surface area contributed by atoms with Crippen LogP contribution in [0, 0.1) is 0 Å². The molecule has 0 unspecified atom stereocenters. The van der Waals surface area contributed by atoms with Crippen molar-refractivity contribution in [2.75, 3.05) is 22.9 Å². The van der Waals surface area contributed by atoms with E-state index >= 15 is 0 Å². The monoisotopic (exact) mass is 316 g/mol. The Kier molecular flexibility index (Phi) is 5.17. The second kappa shape index (κ2) is 7.69. The maximum Gasteiger partial charge on any atom is 0.0482 e. The fraction of sp³-hybridized carbons (Fsp3) is 0.182. The molecule has 3 aromatic rings. The summed E-state index contributed by atoms with van der Waals surface area (Å²) in [5.74, 6) is 0. The van der Waals surface area contributed by atoms with Crippen molar-refractivity contribution < 1.29 is 0 Å². The second-order valence-electron chi connectivity index (χ2n) is 5.70. The van der Waals surface area contributed by atoms with Crippen LogP contribution in [-0.2, 0) is 0 Å². The molecule has 3 rings (SSSR count). The number of anilines is 4. The molecule has 0 fully saturated rings. The van der Waals surface area contributed by atoms with E-state index in [0.717, 1.165) is 13.1 Å². The molecule has 0 spiro atoms. The van der Waals surface area contributed by atoms with E-state index in [1.165, 1.54) is 22.7 Å². The molecule has 0 amide bonds. The summed E-state index contributed by atoms with van der Waals surface area (Å²) in [7, 11) is 0. The molecule has 0 aliphatic carbocycles. The van der Waals surface area contributed by atoms with E-state index in [1.54, 1.807) is 0 Å². The first kappa shape index (κ1) is 16.1. The largest absolute Gasteiger partial charge is 0.372 e. The van der Waals surface area contributed by atoms with E-state index in [-0.39, 0.29) is 0 Å². The van der Waals surface area contributed by atoms with E-state index in [2.05, 4.69) is 109 Å². The van der Waals surface area contributed by atoms with Gasteiger partial charge in [-0.25, -0.2) is 0 Å². The van der Waals surface area contributed by atoms with Crippen molar-refractivity contribution in [1.29, 1.82) is 0 Å². The Morgan fingerprint density at radius 3 is 1.50 bits per heavy atom. The molecule has 2 nitrogen and oxygen atoms in total. The molecule has 3 aromatic carbocycles. The first-order chi connectivity index (χ1) is 11.8. The standard InChI is InChI=1S/C22H24N2/c1-3-23(4-2)21-16-11-17-22(18-21)24(19-12-7-5-8-13-19)20-14-9-6-10-15-20/h5-18H,3-4H2,1-2H3. The molecule has 0 bridgehead atoms. The molecule has 0 saturated heterocycles. The molecule has 0 atom stereocenters. The van der Waals surface area contributed by atoms with Gasteiger partial charge in [0.1, 0.15) is 0 Å². The Hall–Kier alpha value is -2.74. The quantitative estimate of drug-likeness (QED) is 0.550. The van der Waals surface area contributed by atoms with Crippen LogP contribution in [0.4, 0.5) is 22.7 Å². The van der Waals surface area contributed by atoms with Crippen LogP contribution in [0.3, 0.4) is 0 Å². The molecular formula is C22H24N2. The molecule has 0 saturated carbocycles. The van der Waals surface area contributed by atoms with Gasteiger partial charge in [-0.05, 0) is 56.3 Å². The average Bonchev–Trinajstić information content (AvgIpc) is 2.65. The van der Waals surface area contributed by atoms with E-state index in [9.17, 15) is 0 Å². The summed E-state index contributed by atoms with van der Waals surface area (Å²) in [6, 6.07) is 29.8. The zero-order chi connectivity index (χ0) is 16.8. The molecule has 122 valence electrons. The number of rotatable bonds is 6. The van der Waals surface area contributed by atoms with E-state index in [4.69, 9.17) is 0 Å². The van der Waals surface area contributed by atoms with E-state index < -0.39 is 0 Å². The number of benzene rings is 3. The molecular weight excluding hydrogens is 292 g/mol. The van der Waals surface area contributed by atoms with Gasteiger partial charge in [0.05, 0.1) is 0 Å². The van der Waals surface area contributed by atoms with Gasteiger partial charge >= 0.3 is 0 Å². The van der Waals surface area contributed by atoms with Crippen molar-refractivity contribution in [3.8, 4) is 0 Å². The first-order valence-corrected chi connectivity index (χ1v) is 8.58. The highest BCUT2D eigenvalue weighted by Crippen LogP contribution is 2.35. The van der Waals surface area contributed by atoms with Crippen molar-refractivity contribution in [2.24, 2.45) is 0 Å². The third-order valence-corrected chi connectivity index (χ3v) is 4.25. The van der Waals surface area contributed by atoms with Gasteiger partial charge in [-0.2, -0.15) is 0 Å². The first-order valence-electron chi connectivity index (χ1n) is 8.58. The van der Waals surface area contributed by atoms with Gasteiger partial charge in [-0.15, -0.1) is 0 Å². The van der Waals surface area contributed by atoms with Crippen molar-refractivity contribution in [3.63, 3.8) is 0 Å². The lowest BCUT2D eigenvalue weighted by atomic mass is 10.1. The molecule has 0 aliphatic heterocycles. The summed E-state index contributed by atoms with van der Waals surface area (Å²) in [6.07, 6.45) is 0. The van der Waals surface area contributed by atoms with Gasteiger partial charge in [-0.3, -0.25) is 0 Å². The molecule has 0 radical (unpaired) electrons. The van der Waals surface area contributed by atoms with Crippen LogP contribution in [0.15, 0.2) is 84.9 Å². The van der Waals surface area contributed by atoms with Crippen LogP contribution in [0.25, 0.3) is 0 Å². The predicted molar refractivity (Wildman–Crippen MR) is 105 cm³/mol. The van der Waals surface area contributed by atoms with Crippen LogP contribution >= 0.6 is 0 Å². The van der Waals surface area contributed by atoms with Gasteiger partial charge in [0.15, 0.2) is 0 Å². The number of hydrogen-bond donors (Lipinski definition) is 0. The number of hydrogen-bond acceptors (Lipinski definition) is 2. The fourth-order valence-electron chi connectivity index (χ4n) is 3.02. The lowest BCUT2D eigenvalue weighted by Crippen LogP contribution is -2.22. The summed E-state index contributed by atoms with van der Waals surface area (Å²) in [6.45, 7) is 6.41. The zero-order valence-electron chi connectivity index (χ0n) is 14.4. The third-order valence-electron chi connectivity index (χ3n) is 4.25. The Balaban J connectivity index is 2.08.